The molecule has 0 unspecified atom stereocenters. The van der Waals surface area contributed by atoms with Gasteiger partial charge in [0.15, 0.2) is 0 Å². The summed E-state index contributed by atoms with van der Waals surface area (Å²) in [5.74, 6) is -0.538. The van der Waals surface area contributed by atoms with Crippen molar-refractivity contribution in [2.75, 3.05) is 4.90 Å². The normalized spacial score (nSPS) is 16.9. The van der Waals surface area contributed by atoms with Crippen molar-refractivity contribution >= 4 is 17.1 Å². The highest BCUT2D eigenvalue weighted by Crippen LogP contribution is 2.63. The lowest BCUT2D eigenvalue weighted by atomic mass is 9.70. The zero-order chi connectivity index (χ0) is 40.2. The molecule has 8 aromatic carbocycles. The first kappa shape index (κ1) is 33.5. The molecule has 59 heavy (non-hydrogen) atoms. The van der Waals surface area contributed by atoms with Gasteiger partial charge in [0.1, 0.15) is 0 Å². The SMILES string of the molecule is [2H]C1(c2ccccc2-c2ccc(N(c3ccc4c(c3)C(C)(C)c3ccccc3-4)c3ccc4c(c3)C3(c5ccccc5-c5ccccc53)c3ccccc3-4)cc2)CCCCC1. The number of fused-ring (bicyclic) bond motifs is 13. The van der Waals surface area contributed by atoms with E-state index in [2.05, 4.69) is 201 Å². The molecule has 4 aliphatic carbocycles. The van der Waals surface area contributed by atoms with Crippen LogP contribution < -0.4 is 4.90 Å². The molecule has 0 amide bonds. The molecule has 1 fully saturated rings. The number of anilines is 3. The molecule has 1 nitrogen and oxygen atoms in total. The van der Waals surface area contributed by atoms with Crippen LogP contribution in [-0.4, -0.2) is 0 Å². The molecule has 4 aliphatic rings. The third-order valence-electron chi connectivity index (χ3n) is 14.3. The quantitative estimate of drug-likeness (QED) is 0.169. The third-order valence-corrected chi connectivity index (χ3v) is 14.3. The van der Waals surface area contributed by atoms with Gasteiger partial charge in [-0.05, 0) is 139 Å². The van der Waals surface area contributed by atoms with Crippen molar-refractivity contribution in [1.29, 1.82) is 0 Å². The van der Waals surface area contributed by atoms with Crippen molar-refractivity contribution < 1.29 is 1.37 Å². The van der Waals surface area contributed by atoms with Crippen LogP contribution in [0.4, 0.5) is 17.1 Å². The third kappa shape index (κ3) is 4.91. The van der Waals surface area contributed by atoms with E-state index in [1.54, 1.807) is 0 Å². The van der Waals surface area contributed by atoms with E-state index in [0.29, 0.717) is 0 Å². The van der Waals surface area contributed by atoms with Crippen LogP contribution in [0.3, 0.4) is 0 Å². The van der Waals surface area contributed by atoms with Crippen molar-refractivity contribution in [2.45, 2.75) is 62.7 Å². The predicted molar refractivity (Wildman–Crippen MR) is 246 cm³/mol. The Labute approximate surface area is 350 Å². The van der Waals surface area contributed by atoms with Crippen molar-refractivity contribution in [3.63, 3.8) is 0 Å². The number of nitrogens with zero attached hydrogens (tertiary/aromatic N) is 1. The van der Waals surface area contributed by atoms with Gasteiger partial charge in [-0.2, -0.15) is 0 Å². The van der Waals surface area contributed by atoms with Gasteiger partial charge in [0.25, 0.3) is 0 Å². The summed E-state index contributed by atoms with van der Waals surface area (Å²) >= 11 is 0. The molecule has 284 valence electrons. The largest absolute Gasteiger partial charge is 0.310 e. The van der Waals surface area contributed by atoms with Gasteiger partial charge in [0.2, 0.25) is 0 Å². The smallest absolute Gasteiger partial charge is 0.0726 e. The summed E-state index contributed by atoms with van der Waals surface area (Å²) in [5, 5.41) is 0. The molecule has 12 rings (SSSR count). The van der Waals surface area contributed by atoms with Crippen LogP contribution in [0, 0.1) is 0 Å². The number of hydrogen-bond donors (Lipinski definition) is 0. The maximum atomic E-state index is 9.59. The Morgan fingerprint density at radius 3 is 1.41 bits per heavy atom. The molecule has 1 spiro atoms. The maximum Gasteiger partial charge on any atom is 0.0726 e. The topological polar surface area (TPSA) is 3.24 Å². The number of rotatable bonds is 5. The van der Waals surface area contributed by atoms with Crippen LogP contribution in [0.15, 0.2) is 182 Å². The molecule has 8 aromatic rings. The summed E-state index contributed by atoms with van der Waals surface area (Å²) in [5.41, 5.74) is 22.4. The van der Waals surface area contributed by atoms with Gasteiger partial charge in [-0.1, -0.05) is 179 Å². The van der Waals surface area contributed by atoms with E-state index in [-0.39, 0.29) is 5.41 Å². The molecule has 0 saturated heterocycles. The number of benzene rings is 8. The molecule has 0 N–H and O–H groups in total. The zero-order valence-electron chi connectivity index (χ0n) is 34.8. The fraction of sp³-hybridized carbons (Fsp3) is 0.172. The average Bonchev–Trinajstić information content (AvgIpc) is 3.85. The molecular formula is C58H47N. The van der Waals surface area contributed by atoms with Crippen LogP contribution in [0.1, 0.15) is 92.2 Å². The van der Waals surface area contributed by atoms with E-state index in [1.807, 2.05) is 0 Å². The van der Waals surface area contributed by atoms with Gasteiger partial charge in [-0.15, -0.1) is 0 Å². The van der Waals surface area contributed by atoms with Gasteiger partial charge < -0.3 is 4.90 Å². The molecule has 0 aliphatic heterocycles. The Bertz CT molecular complexity index is 2950. The van der Waals surface area contributed by atoms with Crippen LogP contribution in [0.5, 0.6) is 0 Å². The Kier molecular flexibility index (Phi) is 7.41. The molecule has 0 radical (unpaired) electrons. The van der Waals surface area contributed by atoms with Gasteiger partial charge >= 0.3 is 0 Å². The summed E-state index contributed by atoms with van der Waals surface area (Å²) in [4.78, 5) is 2.48. The lowest BCUT2D eigenvalue weighted by Crippen LogP contribution is -2.26. The van der Waals surface area contributed by atoms with Crippen LogP contribution in [0.25, 0.3) is 44.5 Å². The Morgan fingerprint density at radius 1 is 0.407 bits per heavy atom. The van der Waals surface area contributed by atoms with Crippen LogP contribution in [0.2, 0.25) is 0 Å². The summed E-state index contributed by atoms with van der Waals surface area (Å²) in [6.45, 7) is 4.74. The highest BCUT2D eigenvalue weighted by molar-refractivity contribution is 5.96. The van der Waals surface area contributed by atoms with Crippen molar-refractivity contribution in [3.05, 3.63) is 221 Å². The Hall–Kier alpha value is -6.44. The molecule has 0 aromatic heterocycles. The van der Waals surface area contributed by atoms with Crippen molar-refractivity contribution in [3.8, 4) is 44.5 Å². The second kappa shape index (κ2) is 13.0. The first-order chi connectivity index (χ1) is 29.4. The van der Waals surface area contributed by atoms with Crippen LogP contribution in [-0.2, 0) is 10.8 Å². The van der Waals surface area contributed by atoms with Crippen molar-refractivity contribution in [2.24, 2.45) is 0 Å². The Morgan fingerprint density at radius 2 is 0.831 bits per heavy atom. The van der Waals surface area contributed by atoms with E-state index >= 15 is 0 Å². The standard InChI is InChI=1S/C58H47N/c1-57(2)51-24-12-8-20-45(51)49-34-32-41(36-55(49)57)59(40-30-28-39(29-31-40)44-19-7-6-18-43(44)38-16-4-3-5-17-38)42-33-35-50-48-23-11-15-27-54(48)58(56(50)37-42)52-25-13-9-21-46(52)47-22-10-14-26-53(47)58/h6-15,18-38H,3-5,16-17H2,1-2H3/i38D. The predicted octanol–water partition coefficient (Wildman–Crippen LogP) is 15.5. The van der Waals surface area contributed by atoms with E-state index in [1.165, 1.54) is 84.3 Å². The fourth-order valence-corrected chi connectivity index (χ4v) is 11.6. The zero-order valence-corrected chi connectivity index (χ0v) is 33.8. The van der Waals surface area contributed by atoms with Gasteiger partial charge in [0.05, 0.1) is 5.41 Å². The minimum atomic E-state index is -0.538. The highest BCUT2D eigenvalue weighted by Gasteiger charge is 2.51. The van der Waals surface area contributed by atoms with E-state index in [0.717, 1.165) is 48.3 Å². The van der Waals surface area contributed by atoms with Gasteiger partial charge in [-0.25, -0.2) is 0 Å². The minimum Gasteiger partial charge on any atom is -0.310 e. The first-order valence-corrected chi connectivity index (χ1v) is 21.6. The van der Waals surface area contributed by atoms with Crippen LogP contribution >= 0.6 is 0 Å². The van der Waals surface area contributed by atoms with Crippen molar-refractivity contribution in [1.82, 2.24) is 0 Å². The molecular weight excluding hydrogens is 711 g/mol. The minimum absolute atomic E-state index is 0.132. The van der Waals surface area contributed by atoms with E-state index < -0.39 is 11.3 Å². The highest BCUT2D eigenvalue weighted by atomic mass is 15.1. The molecule has 0 heterocycles. The first-order valence-electron chi connectivity index (χ1n) is 22.1. The molecule has 1 heteroatoms. The second-order valence-corrected chi connectivity index (χ2v) is 17.6. The Balaban J connectivity index is 1.06. The van der Waals surface area contributed by atoms with Gasteiger partial charge in [-0.3, -0.25) is 0 Å². The molecule has 0 bridgehead atoms. The lowest BCUT2D eigenvalue weighted by Gasteiger charge is -2.32. The summed E-state index contributed by atoms with van der Waals surface area (Å²) in [7, 11) is 0. The lowest BCUT2D eigenvalue weighted by molar-refractivity contribution is 0.444. The average molecular weight is 759 g/mol. The maximum absolute atomic E-state index is 9.59. The second-order valence-electron chi connectivity index (χ2n) is 17.6. The monoisotopic (exact) mass is 758 g/mol. The number of hydrogen-bond acceptors (Lipinski definition) is 1. The van der Waals surface area contributed by atoms with E-state index in [4.69, 9.17) is 0 Å². The summed E-state index contributed by atoms with van der Waals surface area (Å²) < 4.78 is 9.59. The summed E-state index contributed by atoms with van der Waals surface area (Å²) in [6.07, 6.45) is 5.33. The van der Waals surface area contributed by atoms with E-state index in [9.17, 15) is 1.37 Å². The molecule has 0 atom stereocenters. The molecule has 1 saturated carbocycles. The fourth-order valence-electron chi connectivity index (χ4n) is 11.6. The van der Waals surface area contributed by atoms with Gasteiger partial charge in [0, 0.05) is 23.8 Å². The summed E-state index contributed by atoms with van der Waals surface area (Å²) in [6, 6.07) is 68.3.